The van der Waals surface area contributed by atoms with Gasteiger partial charge in [-0.1, -0.05) is 25.1 Å². The van der Waals surface area contributed by atoms with E-state index in [2.05, 4.69) is 12.2 Å². The fraction of sp³-hybridized carbons (Fsp3) is 0.278. The van der Waals surface area contributed by atoms with Crippen LogP contribution in [0.3, 0.4) is 0 Å². The number of hydrogen-bond donors (Lipinski definition) is 1. The number of benzene rings is 1. The van der Waals surface area contributed by atoms with Crippen molar-refractivity contribution < 1.29 is 13.6 Å². The minimum absolute atomic E-state index is 0.166. The number of carbonyl (C=O) groups is 1. The number of hydrogen-bond acceptors (Lipinski definition) is 2. The number of rotatable bonds is 5. The molecule has 2 atom stereocenters. The molecule has 0 saturated heterocycles. The van der Waals surface area contributed by atoms with Gasteiger partial charge in [-0.15, -0.1) is 0 Å². The minimum Gasteiger partial charge on any atom is -0.461 e. The molecule has 1 fully saturated rings. The molecule has 3 rings (SSSR count). The highest BCUT2D eigenvalue weighted by Crippen LogP contribution is 2.47. The maximum absolute atomic E-state index is 13.4. The highest BCUT2D eigenvalue weighted by Gasteiger charge is 2.36. The van der Waals surface area contributed by atoms with E-state index in [1.54, 1.807) is 24.3 Å². The van der Waals surface area contributed by atoms with E-state index in [-0.39, 0.29) is 18.3 Å². The Kier molecular flexibility index (Phi) is 4.09. The maximum atomic E-state index is 13.4. The van der Waals surface area contributed by atoms with Gasteiger partial charge in [0.05, 0.1) is 0 Å². The van der Waals surface area contributed by atoms with Crippen LogP contribution in [0.25, 0.3) is 6.08 Å². The largest absolute Gasteiger partial charge is 0.461 e. The SMILES string of the molecule is CC1CC1c1ccc(/C=C/C(=O)NCc2ccccc2F)o1. The molecule has 1 aliphatic carbocycles. The molecule has 1 saturated carbocycles. The summed E-state index contributed by atoms with van der Waals surface area (Å²) in [6.45, 7) is 2.36. The molecule has 2 unspecified atom stereocenters. The number of amides is 1. The van der Waals surface area contributed by atoms with Crippen molar-refractivity contribution in [1.29, 1.82) is 0 Å². The predicted octanol–water partition coefficient (Wildman–Crippen LogP) is 3.87. The molecular weight excluding hydrogens is 281 g/mol. The van der Waals surface area contributed by atoms with Crippen molar-refractivity contribution in [2.45, 2.75) is 25.8 Å². The summed E-state index contributed by atoms with van der Waals surface area (Å²) < 4.78 is 19.1. The number of nitrogens with one attached hydrogen (secondary N) is 1. The zero-order valence-corrected chi connectivity index (χ0v) is 12.4. The summed E-state index contributed by atoms with van der Waals surface area (Å²) in [5.41, 5.74) is 0.465. The van der Waals surface area contributed by atoms with Crippen molar-refractivity contribution in [2.75, 3.05) is 0 Å². The zero-order valence-electron chi connectivity index (χ0n) is 12.4. The number of furan rings is 1. The Morgan fingerprint density at radius 3 is 2.86 bits per heavy atom. The fourth-order valence-corrected chi connectivity index (χ4v) is 2.42. The Morgan fingerprint density at radius 2 is 2.14 bits per heavy atom. The van der Waals surface area contributed by atoms with Gasteiger partial charge >= 0.3 is 0 Å². The van der Waals surface area contributed by atoms with E-state index in [0.29, 0.717) is 23.2 Å². The van der Waals surface area contributed by atoms with Gasteiger partial charge in [0.25, 0.3) is 0 Å². The van der Waals surface area contributed by atoms with E-state index in [0.717, 1.165) is 5.76 Å². The summed E-state index contributed by atoms with van der Waals surface area (Å²) >= 11 is 0. The third kappa shape index (κ3) is 3.45. The first-order chi connectivity index (χ1) is 10.6. The second-order valence-corrected chi connectivity index (χ2v) is 5.70. The topological polar surface area (TPSA) is 42.2 Å². The quantitative estimate of drug-likeness (QED) is 0.852. The molecule has 1 aliphatic rings. The average Bonchev–Trinajstić information content (AvgIpc) is 3.06. The second-order valence-electron chi connectivity index (χ2n) is 5.70. The molecule has 4 heteroatoms. The van der Waals surface area contributed by atoms with Crippen LogP contribution in [-0.2, 0) is 11.3 Å². The third-order valence-corrected chi connectivity index (χ3v) is 3.93. The van der Waals surface area contributed by atoms with Crippen LogP contribution in [0.5, 0.6) is 0 Å². The molecule has 22 heavy (non-hydrogen) atoms. The van der Waals surface area contributed by atoms with Gasteiger partial charge in [-0.3, -0.25) is 4.79 Å². The lowest BCUT2D eigenvalue weighted by Gasteiger charge is -2.03. The monoisotopic (exact) mass is 299 g/mol. The van der Waals surface area contributed by atoms with Crippen LogP contribution in [-0.4, -0.2) is 5.91 Å². The Balaban J connectivity index is 1.53. The minimum atomic E-state index is -0.319. The molecule has 0 radical (unpaired) electrons. The number of carbonyl (C=O) groups excluding carboxylic acids is 1. The molecule has 1 aromatic heterocycles. The summed E-state index contributed by atoms with van der Waals surface area (Å²) in [4.78, 5) is 11.7. The van der Waals surface area contributed by atoms with E-state index in [1.807, 2.05) is 12.1 Å². The predicted molar refractivity (Wildman–Crippen MR) is 82.5 cm³/mol. The van der Waals surface area contributed by atoms with Crippen LogP contribution < -0.4 is 5.32 Å². The average molecular weight is 299 g/mol. The second kappa shape index (κ2) is 6.18. The third-order valence-electron chi connectivity index (χ3n) is 3.93. The normalized spacial score (nSPS) is 20.3. The number of halogens is 1. The molecule has 1 heterocycles. The first-order valence-corrected chi connectivity index (χ1v) is 7.42. The molecule has 0 bridgehead atoms. The van der Waals surface area contributed by atoms with Gasteiger partial charge in [-0.2, -0.15) is 0 Å². The van der Waals surface area contributed by atoms with E-state index >= 15 is 0 Å². The molecule has 1 amide bonds. The highest BCUT2D eigenvalue weighted by molar-refractivity contribution is 5.91. The van der Waals surface area contributed by atoms with Crippen LogP contribution in [0.1, 0.15) is 36.3 Å². The lowest BCUT2D eigenvalue weighted by atomic mass is 10.2. The van der Waals surface area contributed by atoms with Crippen molar-refractivity contribution in [3.63, 3.8) is 0 Å². The molecule has 1 aromatic carbocycles. The Labute approximate surface area is 128 Å². The first kappa shape index (κ1) is 14.6. The van der Waals surface area contributed by atoms with Crippen LogP contribution in [0.4, 0.5) is 4.39 Å². The van der Waals surface area contributed by atoms with Gasteiger partial charge < -0.3 is 9.73 Å². The first-order valence-electron chi connectivity index (χ1n) is 7.42. The van der Waals surface area contributed by atoms with Crippen molar-refractivity contribution in [3.05, 3.63) is 65.4 Å². The summed E-state index contributed by atoms with van der Waals surface area (Å²) in [5.74, 6) is 2.26. The van der Waals surface area contributed by atoms with Crippen LogP contribution >= 0.6 is 0 Å². The molecule has 1 N–H and O–H groups in total. The van der Waals surface area contributed by atoms with Crippen molar-refractivity contribution in [2.24, 2.45) is 5.92 Å². The van der Waals surface area contributed by atoms with Gasteiger partial charge in [-0.05, 0) is 36.6 Å². The Morgan fingerprint density at radius 1 is 1.36 bits per heavy atom. The van der Waals surface area contributed by atoms with Gasteiger partial charge in [0.1, 0.15) is 17.3 Å². The lowest BCUT2D eigenvalue weighted by molar-refractivity contribution is -0.116. The fourth-order valence-electron chi connectivity index (χ4n) is 2.42. The molecular formula is C18H18FNO2. The molecule has 114 valence electrons. The molecule has 2 aromatic rings. The summed E-state index contributed by atoms with van der Waals surface area (Å²) in [6.07, 6.45) is 4.20. The van der Waals surface area contributed by atoms with Crippen molar-refractivity contribution >= 4 is 12.0 Å². The van der Waals surface area contributed by atoms with Crippen LogP contribution in [0, 0.1) is 11.7 Å². The van der Waals surface area contributed by atoms with Crippen molar-refractivity contribution in [3.8, 4) is 0 Å². The summed E-state index contributed by atoms with van der Waals surface area (Å²) in [7, 11) is 0. The van der Waals surface area contributed by atoms with Gasteiger partial charge in [0.2, 0.25) is 5.91 Å². The van der Waals surface area contributed by atoms with E-state index in [9.17, 15) is 9.18 Å². The van der Waals surface area contributed by atoms with E-state index in [4.69, 9.17) is 4.42 Å². The highest BCUT2D eigenvalue weighted by atomic mass is 19.1. The molecule has 0 aliphatic heterocycles. The maximum Gasteiger partial charge on any atom is 0.244 e. The smallest absolute Gasteiger partial charge is 0.244 e. The molecule has 3 nitrogen and oxygen atoms in total. The summed E-state index contributed by atoms with van der Waals surface area (Å²) in [6, 6.07) is 10.2. The zero-order chi connectivity index (χ0) is 15.5. The summed E-state index contributed by atoms with van der Waals surface area (Å²) in [5, 5.41) is 2.65. The van der Waals surface area contributed by atoms with Crippen LogP contribution in [0.2, 0.25) is 0 Å². The van der Waals surface area contributed by atoms with Gasteiger partial charge in [0, 0.05) is 24.1 Å². The lowest BCUT2D eigenvalue weighted by Crippen LogP contribution is -2.20. The van der Waals surface area contributed by atoms with Crippen molar-refractivity contribution in [1.82, 2.24) is 5.32 Å². The standard InChI is InChI=1S/C18H18FNO2/c1-12-10-15(12)17-8-6-14(22-17)7-9-18(21)20-11-13-4-2-3-5-16(13)19/h2-9,12,15H,10-11H2,1H3,(H,20,21)/b9-7+. The molecule has 0 spiro atoms. The Hall–Kier alpha value is -2.36. The van der Waals surface area contributed by atoms with Gasteiger partial charge in [-0.25, -0.2) is 4.39 Å². The van der Waals surface area contributed by atoms with E-state index in [1.165, 1.54) is 18.6 Å². The van der Waals surface area contributed by atoms with Crippen LogP contribution in [0.15, 0.2) is 46.9 Å². The Bertz CT molecular complexity index is 705. The van der Waals surface area contributed by atoms with E-state index < -0.39 is 0 Å². The van der Waals surface area contributed by atoms with Gasteiger partial charge in [0.15, 0.2) is 0 Å².